The first-order valence-corrected chi connectivity index (χ1v) is 6.54. The van der Waals surface area contributed by atoms with Gasteiger partial charge in [0, 0.05) is 35.6 Å². The maximum absolute atomic E-state index is 11.7. The van der Waals surface area contributed by atoms with Crippen molar-refractivity contribution in [1.82, 2.24) is 0 Å². The number of likely N-dealkylation sites (N-methyl/N-ethyl adjacent to an activating group) is 1. The smallest absolute Gasteiger partial charge is 0.248 e. The molecule has 0 aromatic heterocycles. The number of hydrogen-bond donors (Lipinski definition) is 2. The molecule has 1 unspecified atom stereocenters. The minimum absolute atomic E-state index is 0.0579. The normalized spacial score (nSPS) is 18.6. The summed E-state index contributed by atoms with van der Waals surface area (Å²) in [7, 11) is 1.75. The summed E-state index contributed by atoms with van der Waals surface area (Å²) >= 11 is 1.68. The Labute approximate surface area is 105 Å². The second-order valence-corrected chi connectivity index (χ2v) is 5.19. The van der Waals surface area contributed by atoms with Crippen LogP contribution in [0, 0.1) is 0 Å². The molecule has 0 saturated carbocycles. The Bertz CT molecular complexity index is 437. The van der Waals surface area contributed by atoms with Crippen molar-refractivity contribution < 1.29 is 9.90 Å². The third-order valence-corrected chi connectivity index (χ3v) is 3.95. The summed E-state index contributed by atoms with van der Waals surface area (Å²) in [6, 6.07) is 5.37. The van der Waals surface area contributed by atoms with Crippen LogP contribution in [0.5, 0.6) is 0 Å². The molecular formula is C12H16N2O2S. The second-order valence-electron chi connectivity index (χ2n) is 4.02. The topological polar surface area (TPSA) is 66.6 Å². The van der Waals surface area contributed by atoms with Gasteiger partial charge in [-0.2, -0.15) is 0 Å². The molecule has 0 fully saturated rings. The lowest BCUT2D eigenvalue weighted by molar-refractivity contribution is -0.118. The number of nitrogens with zero attached hydrogens (tertiary/aromatic N) is 1. The molecule has 0 radical (unpaired) electrons. The van der Waals surface area contributed by atoms with Crippen molar-refractivity contribution >= 4 is 23.4 Å². The average Bonchev–Trinajstić information content (AvgIpc) is 2.55. The Kier molecular flexibility index (Phi) is 3.71. The Morgan fingerprint density at radius 2 is 2.29 bits per heavy atom. The van der Waals surface area contributed by atoms with Gasteiger partial charge in [0.25, 0.3) is 0 Å². The lowest BCUT2D eigenvalue weighted by Gasteiger charge is -2.10. The number of aliphatic hydroxyl groups is 1. The number of rotatable bonds is 4. The highest BCUT2D eigenvalue weighted by molar-refractivity contribution is 7.99. The Morgan fingerprint density at radius 3 is 3.00 bits per heavy atom. The van der Waals surface area contributed by atoms with E-state index in [2.05, 4.69) is 0 Å². The number of nitrogens with two attached hydrogens (primary N) is 1. The van der Waals surface area contributed by atoms with Crippen LogP contribution in [0.2, 0.25) is 0 Å². The first-order chi connectivity index (χ1) is 8.15. The molecular weight excluding hydrogens is 236 g/mol. The van der Waals surface area contributed by atoms with E-state index in [1.54, 1.807) is 23.7 Å². The number of fused-ring (bicyclic) bond motifs is 1. The predicted molar refractivity (Wildman–Crippen MR) is 69.2 cm³/mol. The summed E-state index contributed by atoms with van der Waals surface area (Å²) < 4.78 is 0. The van der Waals surface area contributed by atoms with Gasteiger partial charge in [0.1, 0.15) is 6.04 Å². The highest BCUT2D eigenvalue weighted by atomic mass is 32.2. The molecule has 1 atom stereocenters. The summed E-state index contributed by atoms with van der Waals surface area (Å²) in [5, 5.41) is 8.73. The molecule has 0 bridgehead atoms. The van der Waals surface area contributed by atoms with E-state index in [1.807, 2.05) is 18.2 Å². The van der Waals surface area contributed by atoms with E-state index in [-0.39, 0.29) is 12.5 Å². The molecule has 3 N–H and O–H groups in total. The van der Waals surface area contributed by atoms with Crippen LogP contribution in [0.4, 0.5) is 5.69 Å². The first-order valence-electron chi connectivity index (χ1n) is 5.56. The highest BCUT2D eigenvalue weighted by Gasteiger charge is 2.32. The fourth-order valence-electron chi connectivity index (χ4n) is 1.88. The van der Waals surface area contributed by atoms with E-state index in [9.17, 15) is 4.79 Å². The monoisotopic (exact) mass is 252 g/mol. The molecule has 1 aromatic carbocycles. The number of benzene rings is 1. The SMILES string of the molecule is CN1C(=O)C(N)c2ccc(SCCCO)cc21. The molecule has 0 aliphatic carbocycles. The van der Waals surface area contributed by atoms with E-state index in [0.29, 0.717) is 0 Å². The summed E-state index contributed by atoms with van der Waals surface area (Å²) in [6.45, 7) is 0.210. The zero-order valence-electron chi connectivity index (χ0n) is 9.72. The van der Waals surface area contributed by atoms with E-state index in [1.165, 1.54) is 0 Å². The van der Waals surface area contributed by atoms with Gasteiger partial charge in [-0.15, -0.1) is 11.8 Å². The molecule has 0 saturated heterocycles. The van der Waals surface area contributed by atoms with Gasteiger partial charge in [-0.05, 0) is 18.6 Å². The molecule has 4 nitrogen and oxygen atoms in total. The molecule has 2 rings (SSSR count). The van der Waals surface area contributed by atoms with E-state index < -0.39 is 6.04 Å². The lowest BCUT2D eigenvalue weighted by atomic mass is 10.1. The minimum atomic E-state index is -0.522. The maximum Gasteiger partial charge on any atom is 0.248 e. The van der Waals surface area contributed by atoms with Gasteiger partial charge in [0.05, 0.1) is 0 Å². The van der Waals surface area contributed by atoms with Crippen molar-refractivity contribution in [2.75, 3.05) is 24.3 Å². The van der Waals surface area contributed by atoms with Gasteiger partial charge in [-0.25, -0.2) is 0 Å². The number of hydrogen-bond acceptors (Lipinski definition) is 4. The number of anilines is 1. The average molecular weight is 252 g/mol. The van der Waals surface area contributed by atoms with Crippen LogP contribution in [-0.2, 0) is 4.79 Å². The van der Waals surface area contributed by atoms with Crippen LogP contribution >= 0.6 is 11.8 Å². The van der Waals surface area contributed by atoms with E-state index in [4.69, 9.17) is 10.8 Å². The fraction of sp³-hybridized carbons (Fsp3) is 0.417. The predicted octanol–water partition coefficient (Wildman–Crippen LogP) is 1.14. The van der Waals surface area contributed by atoms with Crippen molar-refractivity contribution in [1.29, 1.82) is 0 Å². The third-order valence-electron chi connectivity index (χ3n) is 2.87. The van der Waals surface area contributed by atoms with Gasteiger partial charge in [-0.3, -0.25) is 4.79 Å². The van der Waals surface area contributed by atoms with Crippen molar-refractivity contribution in [3.63, 3.8) is 0 Å². The van der Waals surface area contributed by atoms with Crippen LogP contribution in [0.3, 0.4) is 0 Å². The van der Waals surface area contributed by atoms with Crippen LogP contribution in [0.25, 0.3) is 0 Å². The number of thioether (sulfide) groups is 1. The molecule has 17 heavy (non-hydrogen) atoms. The number of carbonyl (C=O) groups is 1. The fourth-order valence-corrected chi connectivity index (χ4v) is 2.75. The highest BCUT2D eigenvalue weighted by Crippen LogP contribution is 2.36. The zero-order valence-corrected chi connectivity index (χ0v) is 10.5. The van der Waals surface area contributed by atoms with E-state index in [0.717, 1.165) is 28.3 Å². The third kappa shape index (κ3) is 2.31. The maximum atomic E-state index is 11.7. The molecule has 1 aromatic rings. The Balaban J connectivity index is 2.18. The molecule has 1 aliphatic heterocycles. The van der Waals surface area contributed by atoms with E-state index >= 15 is 0 Å². The summed E-state index contributed by atoms with van der Waals surface area (Å²) in [6.07, 6.45) is 0.774. The minimum Gasteiger partial charge on any atom is -0.396 e. The van der Waals surface area contributed by atoms with Crippen molar-refractivity contribution in [2.45, 2.75) is 17.4 Å². The summed E-state index contributed by atoms with van der Waals surface area (Å²) in [5.74, 6) is 0.816. The molecule has 1 heterocycles. The van der Waals surface area contributed by atoms with Crippen LogP contribution in [0.15, 0.2) is 23.1 Å². The molecule has 1 amide bonds. The van der Waals surface area contributed by atoms with Crippen molar-refractivity contribution in [3.05, 3.63) is 23.8 Å². The van der Waals surface area contributed by atoms with Gasteiger partial charge >= 0.3 is 0 Å². The standard InChI is InChI=1S/C12H16N2O2S/c1-14-10-7-8(17-6-2-5-15)3-4-9(10)11(13)12(14)16/h3-4,7,11,15H,2,5-6,13H2,1H3. The number of carbonyl (C=O) groups excluding carboxylic acids is 1. The van der Waals surface area contributed by atoms with Crippen LogP contribution < -0.4 is 10.6 Å². The lowest BCUT2D eigenvalue weighted by Crippen LogP contribution is -2.27. The van der Waals surface area contributed by atoms with Crippen LogP contribution in [0.1, 0.15) is 18.0 Å². The number of aliphatic hydroxyl groups excluding tert-OH is 1. The van der Waals surface area contributed by atoms with Crippen LogP contribution in [-0.4, -0.2) is 30.4 Å². The quantitative estimate of drug-likeness (QED) is 0.623. The van der Waals surface area contributed by atoms with Gasteiger partial charge in [0.15, 0.2) is 0 Å². The zero-order chi connectivity index (χ0) is 12.4. The second kappa shape index (κ2) is 5.08. The Morgan fingerprint density at radius 1 is 1.53 bits per heavy atom. The van der Waals surface area contributed by atoms with Gasteiger partial charge in [0.2, 0.25) is 5.91 Å². The largest absolute Gasteiger partial charge is 0.396 e. The summed E-state index contributed by atoms with van der Waals surface area (Å²) in [5.41, 5.74) is 7.61. The van der Waals surface area contributed by atoms with Crippen molar-refractivity contribution in [2.24, 2.45) is 5.73 Å². The molecule has 5 heteroatoms. The Hall–Kier alpha value is -1.04. The van der Waals surface area contributed by atoms with Gasteiger partial charge in [-0.1, -0.05) is 6.07 Å². The van der Waals surface area contributed by atoms with Gasteiger partial charge < -0.3 is 15.7 Å². The summed E-state index contributed by atoms with van der Waals surface area (Å²) in [4.78, 5) is 14.4. The number of amides is 1. The molecule has 0 spiro atoms. The molecule has 92 valence electrons. The molecule has 1 aliphatic rings. The van der Waals surface area contributed by atoms with Crippen molar-refractivity contribution in [3.8, 4) is 0 Å². The first kappa shape index (κ1) is 12.4.